The van der Waals surface area contributed by atoms with E-state index in [1.54, 1.807) is 21.5 Å². The van der Waals surface area contributed by atoms with Crippen LogP contribution < -0.4 is 5.56 Å². The number of allylic oxidation sites excluding steroid dienone is 1. The van der Waals surface area contributed by atoms with E-state index < -0.39 is 0 Å². The Kier molecular flexibility index (Phi) is 4.07. The molecule has 2 nitrogen and oxygen atoms in total. The highest BCUT2D eigenvalue weighted by molar-refractivity contribution is 7.04. The van der Waals surface area contributed by atoms with Gasteiger partial charge in [0.1, 0.15) is 0 Å². The van der Waals surface area contributed by atoms with Gasteiger partial charge in [0, 0.05) is 11.4 Å². The largest absolute Gasteiger partial charge is 0.268 e. The summed E-state index contributed by atoms with van der Waals surface area (Å²) in [4.78, 5) is 10.7. The summed E-state index contributed by atoms with van der Waals surface area (Å²) in [6, 6.07) is 1.55. The van der Waals surface area contributed by atoms with Gasteiger partial charge in [0.2, 0.25) is 0 Å². The molecule has 1 rings (SSSR count). The molecule has 0 unspecified atom stereocenters. The van der Waals surface area contributed by atoms with Gasteiger partial charge in [-0.15, -0.1) is 19.0 Å². The molecular formula is C6H8ClNOS. The molecule has 0 fully saturated rings. The van der Waals surface area contributed by atoms with Crippen molar-refractivity contribution in [3.05, 3.63) is 34.5 Å². The smallest absolute Gasteiger partial charge is 0.260 e. The van der Waals surface area contributed by atoms with E-state index in [9.17, 15) is 4.79 Å². The van der Waals surface area contributed by atoms with Crippen LogP contribution in [0.25, 0.3) is 0 Å². The van der Waals surface area contributed by atoms with E-state index in [0.29, 0.717) is 6.54 Å². The lowest BCUT2D eigenvalue weighted by atomic mass is 10.6. The summed E-state index contributed by atoms with van der Waals surface area (Å²) in [6.07, 6.45) is 1.71. The summed E-state index contributed by atoms with van der Waals surface area (Å²) in [7, 11) is 0. The van der Waals surface area contributed by atoms with E-state index in [2.05, 4.69) is 6.58 Å². The SMILES string of the molecule is C=CCn1sccc1=O.Cl. The summed E-state index contributed by atoms with van der Waals surface area (Å²) < 4.78 is 1.63. The second kappa shape index (κ2) is 4.30. The molecule has 1 heterocycles. The number of hydrogen-bond donors (Lipinski definition) is 0. The van der Waals surface area contributed by atoms with Gasteiger partial charge in [0.25, 0.3) is 5.56 Å². The molecule has 0 saturated heterocycles. The lowest BCUT2D eigenvalue weighted by Crippen LogP contribution is -2.09. The fourth-order valence-electron chi connectivity index (χ4n) is 0.547. The normalized spacial score (nSPS) is 8.40. The number of hydrogen-bond acceptors (Lipinski definition) is 2. The molecule has 0 bridgehead atoms. The van der Waals surface area contributed by atoms with Crippen molar-refractivity contribution in [1.82, 2.24) is 3.96 Å². The van der Waals surface area contributed by atoms with Gasteiger partial charge in [-0.1, -0.05) is 17.6 Å². The average Bonchev–Trinajstić information content (AvgIpc) is 2.18. The molecule has 0 aliphatic carbocycles. The van der Waals surface area contributed by atoms with Crippen LogP contribution in [0.3, 0.4) is 0 Å². The van der Waals surface area contributed by atoms with Crippen molar-refractivity contribution in [1.29, 1.82) is 0 Å². The minimum Gasteiger partial charge on any atom is -0.268 e. The zero-order chi connectivity index (χ0) is 6.69. The predicted molar refractivity (Wildman–Crippen MR) is 46.0 cm³/mol. The van der Waals surface area contributed by atoms with Crippen LogP contribution in [-0.4, -0.2) is 3.96 Å². The third-order valence-electron chi connectivity index (χ3n) is 0.939. The Morgan fingerprint density at radius 3 is 2.90 bits per heavy atom. The van der Waals surface area contributed by atoms with Crippen LogP contribution >= 0.6 is 23.9 Å². The maximum atomic E-state index is 10.7. The highest BCUT2D eigenvalue weighted by Gasteiger charge is 1.89. The third-order valence-corrected chi connectivity index (χ3v) is 1.78. The van der Waals surface area contributed by atoms with E-state index in [-0.39, 0.29) is 18.0 Å². The molecule has 0 aromatic carbocycles. The number of nitrogens with zero attached hydrogens (tertiary/aromatic N) is 1. The van der Waals surface area contributed by atoms with Gasteiger partial charge < -0.3 is 0 Å². The maximum absolute atomic E-state index is 10.7. The first kappa shape index (κ1) is 9.46. The van der Waals surface area contributed by atoms with Crippen LogP contribution in [0.2, 0.25) is 0 Å². The third kappa shape index (κ3) is 2.01. The molecule has 0 radical (unpaired) electrons. The van der Waals surface area contributed by atoms with E-state index in [1.165, 1.54) is 11.5 Å². The van der Waals surface area contributed by atoms with Gasteiger partial charge in [0.15, 0.2) is 0 Å². The molecule has 0 N–H and O–H groups in total. The fraction of sp³-hybridized carbons (Fsp3) is 0.167. The Morgan fingerprint density at radius 1 is 1.80 bits per heavy atom. The Hall–Kier alpha value is -0.540. The molecule has 0 atom stereocenters. The standard InChI is InChI=1S/C6H7NOS.ClH/c1-2-4-7-6(8)3-5-9-7;/h2-3,5H,1,4H2;1H. The maximum Gasteiger partial charge on any atom is 0.260 e. The minimum absolute atomic E-state index is 0. The van der Waals surface area contributed by atoms with Crippen LogP contribution in [0.1, 0.15) is 0 Å². The Labute approximate surface area is 69.4 Å². The van der Waals surface area contributed by atoms with Crippen molar-refractivity contribution in [2.45, 2.75) is 6.54 Å². The van der Waals surface area contributed by atoms with Crippen molar-refractivity contribution in [3.8, 4) is 0 Å². The first-order valence-corrected chi connectivity index (χ1v) is 3.44. The molecule has 1 aromatic rings. The Balaban J connectivity index is 0.000000810. The van der Waals surface area contributed by atoms with Gasteiger partial charge >= 0.3 is 0 Å². The molecule has 4 heteroatoms. The van der Waals surface area contributed by atoms with Crippen LogP contribution in [0.4, 0.5) is 0 Å². The molecular weight excluding hydrogens is 170 g/mol. The predicted octanol–water partition coefficient (Wildman–Crippen LogP) is 1.52. The Bertz CT molecular complexity index is 252. The van der Waals surface area contributed by atoms with E-state index in [1.807, 2.05) is 0 Å². The average molecular weight is 178 g/mol. The van der Waals surface area contributed by atoms with Crippen molar-refractivity contribution in [2.24, 2.45) is 0 Å². The van der Waals surface area contributed by atoms with Crippen molar-refractivity contribution in [3.63, 3.8) is 0 Å². The number of halogens is 1. The molecule has 0 aliphatic rings. The summed E-state index contributed by atoms with van der Waals surface area (Å²) in [5.41, 5.74) is 0.0555. The summed E-state index contributed by atoms with van der Waals surface area (Å²) in [6.45, 7) is 4.15. The summed E-state index contributed by atoms with van der Waals surface area (Å²) in [5.74, 6) is 0. The molecule has 0 spiro atoms. The molecule has 0 amide bonds. The lowest BCUT2D eigenvalue weighted by molar-refractivity contribution is 0.878. The van der Waals surface area contributed by atoms with Crippen molar-refractivity contribution >= 4 is 23.9 Å². The van der Waals surface area contributed by atoms with Gasteiger partial charge in [0.05, 0.1) is 6.54 Å². The quantitative estimate of drug-likeness (QED) is 0.628. The molecule has 56 valence electrons. The minimum atomic E-state index is 0. The first-order valence-electron chi connectivity index (χ1n) is 2.60. The van der Waals surface area contributed by atoms with Crippen LogP contribution in [-0.2, 0) is 6.54 Å². The number of rotatable bonds is 2. The van der Waals surface area contributed by atoms with E-state index >= 15 is 0 Å². The Morgan fingerprint density at radius 2 is 2.50 bits per heavy atom. The van der Waals surface area contributed by atoms with Gasteiger partial charge in [-0.25, -0.2) is 0 Å². The second-order valence-electron chi connectivity index (χ2n) is 1.60. The van der Waals surface area contributed by atoms with E-state index in [4.69, 9.17) is 0 Å². The molecule has 10 heavy (non-hydrogen) atoms. The zero-order valence-electron chi connectivity index (χ0n) is 5.32. The van der Waals surface area contributed by atoms with Crippen LogP contribution in [0.5, 0.6) is 0 Å². The lowest BCUT2D eigenvalue weighted by Gasteiger charge is -1.88. The van der Waals surface area contributed by atoms with Gasteiger partial charge in [-0.2, -0.15) is 0 Å². The highest BCUT2D eigenvalue weighted by Crippen LogP contribution is 1.91. The van der Waals surface area contributed by atoms with Gasteiger partial charge in [-0.05, 0) is 0 Å². The molecule has 1 aromatic heterocycles. The zero-order valence-corrected chi connectivity index (χ0v) is 6.95. The molecule has 0 saturated carbocycles. The highest BCUT2D eigenvalue weighted by atomic mass is 35.5. The summed E-state index contributed by atoms with van der Waals surface area (Å²) >= 11 is 1.41. The fourth-order valence-corrected chi connectivity index (χ4v) is 1.23. The van der Waals surface area contributed by atoms with Crippen LogP contribution in [0.15, 0.2) is 28.9 Å². The molecule has 0 aliphatic heterocycles. The van der Waals surface area contributed by atoms with Crippen molar-refractivity contribution in [2.75, 3.05) is 0 Å². The monoisotopic (exact) mass is 177 g/mol. The topological polar surface area (TPSA) is 22.0 Å². The second-order valence-corrected chi connectivity index (χ2v) is 2.52. The van der Waals surface area contributed by atoms with E-state index in [0.717, 1.165) is 0 Å². The first-order chi connectivity index (χ1) is 4.34. The van der Waals surface area contributed by atoms with Crippen LogP contribution in [0, 0.1) is 0 Å². The van der Waals surface area contributed by atoms with Gasteiger partial charge in [-0.3, -0.25) is 8.75 Å². The summed E-state index contributed by atoms with van der Waals surface area (Å²) in [5, 5.41) is 1.77. The number of aromatic nitrogens is 1. The van der Waals surface area contributed by atoms with Crippen molar-refractivity contribution < 1.29 is 0 Å².